The third-order valence-electron chi connectivity index (χ3n) is 3.06. The maximum Gasteiger partial charge on any atom is 0.0928 e. The lowest BCUT2D eigenvalue weighted by Gasteiger charge is -2.15. The van der Waals surface area contributed by atoms with Crippen LogP contribution in [0, 0.1) is 5.92 Å². The quantitative estimate of drug-likeness (QED) is 0.864. The predicted octanol–water partition coefficient (Wildman–Crippen LogP) is 2.72. The Labute approximate surface area is 112 Å². The van der Waals surface area contributed by atoms with E-state index in [1.807, 2.05) is 36.0 Å². The van der Waals surface area contributed by atoms with Crippen molar-refractivity contribution in [3.63, 3.8) is 0 Å². The molecule has 0 saturated carbocycles. The van der Waals surface area contributed by atoms with Crippen molar-refractivity contribution < 1.29 is 5.11 Å². The highest BCUT2D eigenvalue weighted by molar-refractivity contribution is 7.99. The fourth-order valence-electron chi connectivity index (χ4n) is 2.02. The van der Waals surface area contributed by atoms with Crippen LogP contribution < -0.4 is 5.32 Å². The summed E-state index contributed by atoms with van der Waals surface area (Å²) >= 11 is 8.05. The number of hydrogen-bond acceptors (Lipinski definition) is 3. The van der Waals surface area contributed by atoms with Crippen molar-refractivity contribution in [2.75, 3.05) is 24.6 Å². The highest BCUT2D eigenvalue weighted by atomic mass is 35.5. The second kappa shape index (κ2) is 6.64. The number of aliphatic hydroxyl groups is 1. The minimum Gasteiger partial charge on any atom is -0.387 e. The maximum atomic E-state index is 10.0. The maximum absolute atomic E-state index is 10.0. The summed E-state index contributed by atoms with van der Waals surface area (Å²) in [6.45, 7) is 1.57. The van der Waals surface area contributed by atoms with Gasteiger partial charge in [-0.25, -0.2) is 0 Å². The Kier molecular flexibility index (Phi) is 5.16. The molecule has 17 heavy (non-hydrogen) atoms. The number of thioether (sulfide) groups is 1. The van der Waals surface area contributed by atoms with Crippen molar-refractivity contribution in [3.8, 4) is 0 Å². The molecule has 1 aromatic carbocycles. The number of halogens is 1. The summed E-state index contributed by atoms with van der Waals surface area (Å²) in [5, 5.41) is 14.0. The van der Waals surface area contributed by atoms with Gasteiger partial charge in [0, 0.05) is 17.1 Å². The van der Waals surface area contributed by atoms with Crippen LogP contribution in [0.4, 0.5) is 0 Å². The number of nitrogens with one attached hydrogen (secondary N) is 1. The fraction of sp³-hybridized carbons (Fsp3) is 0.538. The first kappa shape index (κ1) is 13.2. The first-order valence-corrected chi connectivity index (χ1v) is 7.51. The Balaban J connectivity index is 1.77. The lowest BCUT2D eigenvalue weighted by Crippen LogP contribution is -2.27. The van der Waals surface area contributed by atoms with Gasteiger partial charge in [-0.05, 0) is 36.5 Å². The third kappa shape index (κ3) is 3.88. The molecule has 0 aromatic heterocycles. The second-order valence-corrected chi connectivity index (χ2v) is 5.98. The van der Waals surface area contributed by atoms with E-state index in [4.69, 9.17) is 11.6 Å². The summed E-state index contributed by atoms with van der Waals surface area (Å²) in [7, 11) is 0. The lowest BCUT2D eigenvalue weighted by atomic mass is 10.1. The smallest absolute Gasteiger partial charge is 0.0928 e. The minimum atomic E-state index is -0.516. The topological polar surface area (TPSA) is 32.3 Å². The molecule has 1 aliphatic heterocycles. The number of rotatable bonds is 5. The van der Waals surface area contributed by atoms with Crippen LogP contribution in [0.15, 0.2) is 24.3 Å². The first-order valence-electron chi connectivity index (χ1n) is 5.98. The molecule has 1 heterocycles. The van der Waals surface area contributed by atoms with Gasteiger partial charge >= 0.3 is 0 Å². The van der Waals surface area contributed by atoms with Gasteiger partial charge in [-0.15, -0.1) is 0 Å². The SMILES string of the molecule is OC(CNCC1CCSC1)c1ccccc1Cl. The molecule has 0 aliphatic carbocycles. The van der Waals surface area contributed by atoms with Gasteiger partial charge in [-0.3, -0.25) is 0 Å². The largest absolute Gasteiger partial charge is 0.387 e. The summed E-state index contributed by atoms with van der Waals surface area (Å²) in [6, 6.07) is 7.47. The zero-order chi connectivity index (χ0) is 12.1. The van der Waals surface area contributed by atoms with Crippen LogP contribution in [0.5, 0.6) is 0 Å². The Morgan fingerprint density at radius 1 is 1.47 bits per heavy atom. The molecule has 2 unspecified atom stereocenters. The van der Waals surface area contributed by atoms with Crippen molar-refractivity contribution in [2.24, 2.45) is 5.92 Å². The van der Waals surface area contributed by atoms with E-state index in [9.17, 15) is 5.11 Å². The molecule has 1 saturated heterocycles. The van der Waals surface area contributed by atoms with Crippen LogP contribution >= 0.6 is 23.4 Å². The molecule has 0 radical (unpaired) electrons. The second-order valence-electron chi connectivity index (χ2n) is 4.43. The summed E-state index contributed by atoms with van der Waals surface area (Å²) in [4.78, 5) is 0. The van der Waals surface area contributed by atoms with Crippen LogP contribution in [0.25, 0.3) is 0 Å². The molecule has 2 nitrogen and oxygen atoms in total. The van der Waals surface area contributed by atoms with E-state index in [-0.39, 0.29) is 0 Å². The molecule has 4 heteroatoms. The molecule has 0 amide bonds. The average Bonchev–Trinajstić information content (AvgIpc) is 2.82. The Hall–Kier alpha value is -0.220. The molecule has 1 aliphatic rings. The lowest BCUT2D eigenvalue weighted by molar-refractivity contribution is 0.173. The van der Waals surface area contributed by atoms with E-state index in [1.165, 1.54) is 17.9 Å². The molecule has 0 spiro atoms. The highest BCUT2D eigenvalue weighted by Crippen LogP contribution is 2.24. The standard InChI is InChI=1S/C13H18ClNOS/c14-12-4-2-1-3-11(12)13(16)8-15-7-10-5-6-17-9-10/h1-4,10,13,15-16H,5-9H2. The zero-order valence-corrected chi connectivity index (χ0v) is 11.3. The third-order valence-corrected chi connectivity index (χ3v) is 4.63. The van der Waals surface area contributed by atoms with E-state index in [0.717, 1.165) is 18.0 Å². The van der Waals surface area contributed by atoms with E-state index >= 15 is 0 Å². The van der Waals surface area contributed by atoms with Gasteiger partial charge in [-0.1, -0.05) is 29.8 Å². The van der Waals surface area contributed by atoms with Gasteiger partial charge in [0.15, 0.2) is 0 Å². The van der Waals surface area contributed by atoms with Crippen LogP contribution in [0.2, 0.25) is 5.02 Å². The van der Waals surface area contributed by atoms with Crippen LogP contribution in [0.1, 0.15) is 18.1 Å². The molecule has 1 aromatic rings. The van der Waals surface area contributed by atoms with E-state index in [1.54, 1.807) is 0 Å². The molecule has 2 N–H and O–H groups in total. The van der Waals surface area contributed by atoms with Crippen LogP contribution in [-0.4, -0.2) is 29.7 Å². The Morgan fingerprint density at radius 3 is 3.00 bits per heavy atom. The molecule has 2 atom stereocenters. The van der Waals surface area contributed by atoms with E-state index in [2.05, 4.69) is 5.32 Å². The van der Waals surface area contributed by atoms with Crippen molar-refractivity contribution >= 4 is 23.4 Å². The molecule has 2 rings (SSSR count). The van der Waals surface area contributed by atoms with Gasteiger partial charge in [0.25, 0.3) is 0 Å². The van der Waals surface area contributed by atoms with Gasteiger partial charge in [0.05, 0.1) is 6.10 Å². The van der Waals surface area contributed by atoms with E-state index < -0.39 is 6.10 Å². The van der Waals surface area contributed by atoms with Gasteiger partial charge in [-0.2, -0.15) is 11.8 Å². The van der Waals surface area contributed by atoms with Crippen molar-refractivity contribution in [2.45, 2.75) is 12.5 Å². The molecule has 0 bridgehead atoms. The average molecular weight is 272 g/mol. The summed E-state index contributed by atoms with van der Waals surface area (Å²) in [6.07, 6.45) is 0.776. The summed E-state index contributed by atoms with van der Waals surface area (Å²) < 4.78 is 0. The number of benzene rings is 1. The monoisotopic (exact) mass is 271 g/mol. The first-order chi connectivity index (χ1) is 8.27. The van der Waals surface area contributed by atoms with Crippen LogP contribution in [0.3, 0.4) is 0 Å². The Morgan fingerprint density at radius 2 is 2.29 bits per heavy atom. The van der Waals surface area contributed by atoms with Gasteiger partial charge < -0.3 is 10.4 Å². The van der Waals surface area contributed by atoms with Crippen molar-refractivity contribution in [1.82, 2.24) is 5.32 Å². The fourth-order valence-corrected chi connectivity index (χ4v) is 3.57. The van der Waals surface area contributed by atoms with E-state index in [0.29, 0.717) is 11.6 Å². The van der Waals surface area contributed by atoms with Gasteiger partial charge in [0.2, 0.25) is 0 Å². The predicted molar refractivity (Wildman–Crippen MR) is 74.7 cm³/mol. The highest BCUT2D eigenvalue weighted by Gasteiger charge is 2.16. The molecule has 1 fully saturated rings. The Bertz CT molecular complexity index is 355. The normalized spacial score (nSPS) is 21.6. The van der Waals surface area contributed by atoms with Crippen LogP contribution in [-0.2, 0) is 0 Å². The molecular formula is C13H18ClNOS. The number of hydrogen-bond donors (Lipinski definition) is 2. The molecular weight excluding hydrogens is 254 g/mol. The zero-order valence-electron chi connectivity index (χ0n) is 9.73. The number of aliphatic hydroxyl groups excluding tert-OH is 1. The van der Waals surface area contributed by atoms with Crippen molar-refractivity contribution in [3.05, 3.63) is 34.9 Å². The molecule has 94 valence electrons. The van der Waals surface area contributed by atoms with Gasteiger partial charge in [0.1, 0.15) is 0 Å². The van der Waals surface area contributed by atoms with Crippen molar-refractivity contribution in [1.29, 1.82) is 0 Å². The summed E-state index contributed by atoms with van der Waals surface area (Å²) in [5.41, 5.74) is 0.808. The summed E-state index contributed by atoms with van der Waals surface area (Å²) in [5.74, 6) is 3.28. The minimum absolute atomic E-state index is 0.516.